The molecule has 0 bridgehead atoms. The van der Waals surface area contributed by atoms with Gasteiger partial charge in [-0.1, -0.05) is 15.9 Å². The quantitative estimate of drug-likeness (QED) is 0.715. The molecule has 0 radical (unpaired) electrons. The number of aromatic hydroxyl groups is 1. The average molecular weight is 407 g/mol. The van der Waals surface area contributed by atoms with Crippen molar-refractivity contribution in [1.82, 2.24) is 9.97 Å². The monoisotopic (exact) mass is 406 g/mol. The van der Waals surface area contributed by atoms with Gasteiger partial charge in [-0.05, 0) is 53.3 Å². The van der Waals surface area contributed by atoms with Crippen LogP contribution in [0.5, 0.6) is 5.88 Å². The molecule has 2 rings (SSSR count). The lowest BCUT2D eigenvalue weighted by Crippen LogP contribution is -2.12. The van der Waals surface area contributed by atoms with Crippen molar-refractivity contribution in [1.29, 1.82) is 0 Å². The van der Waals surface area contributed by atoms with Gasteiger partial charge in [-0.2, -0.15) is 4.98 Å². The van der Waals surface area contributed by atoms with Gasteiger partial charge in [0.25, 0.3) is 5.56 Å². The molecule has 0 aliphatic carbocycles. The molecule has 0 spiro atoms. The Morgan fingerprint density at radius 2 is 2.18 bits per heavy atom. The van der Waals surface area contributed by atoms with Crippen LogP contribution in [0.1, 0.15) is 5.56 Å². The highest BCUT2D eigenvalue weighted by Crippen LogP contribution is 2.24. The van der Waals surface area contributed by atoms with E-state index in [1.54, 1.807) is 22.6 Å². The van der Waals surface area contributed by atoms with E-state index in [4.69, 9.17) is 0 Å². The first kappa shape index (κ1) is 12.6. The Morgan fingerprint density at radius 1 is 1.47 bits per heavy atom. The molecular weight excluding hydrogens is 399 g/mol. The minimum absolute atomic E-state index is 0.195. The Hall–Kier alpha value is -0.890. The number of benzene rings is 1. The van der Waals surface area contributed by atoms with Crippen LogP contribution in [0.3, 0.4) is 0 Å². The Labute approximate surface area is 119 Å². The van der Waals surface area contributed by atoms with Crippen molar-refractivity contribution in [2.75, 3.05) is 0 Å². The number of rotatable bonds is 1. The predicted molar refractivity (Wildman–Crippen MR) is 77.1 cm³/mol. The maximum atomic E-state index is 11.5. The van der Waals surface area contributed by atoms with E-state index in [1.807, 2.05) is 25.1 Å². The molecule has 0 aliphatic heterocycles. The van der Waals surface area contributed by atoms with Crippen molar-refractivity contribution in [3.8, 4) is 17.3 Å². The van der Waals surface area contributed by atoms with Gasteiger partial charge in [0.1, 0.15) is 9.39 Å². The fourth-order valence-electron chi connectivity index (χ4n) is 1.47. The van der Waals surface area contributed by atoms with Crippen molar-refractivity contribution in [3.05, 3.63) is 42.2 Å². The molecule has 1 heterocycles. The van der Waals surface area contributed by atoms with Crippen LogP contribution in [0.2, 0.25) is 0 Å². The Balaban J connectivity index is 2.65. The molecule has 0 amide bonds. The maximum absolute atomic E-state index is 11.5. The summed E-state index contributed by atoms with van der Waals surface area (Å²) in [4.78, 5) is 18.2. The van der Waals surface area contributed by atoms with Crippen LogP contribution < -0.4 is 5.56 Å². The van der Waals surface area contributed by atoms with E-state index in [-0.39, 0.29) is 15.0 Å². The summed E-state index contributed by atoms with van der Waals surface area (Å²) in [5.41, 5.74) is 1.41. The van der Waals surface area contributed by atoms with Crippen molar-refractivity contribution >= 4 is 38.5 Å². The van der Waals surface area contributed by atoms with Crippen LogP contribution in [0.25, 0.3) is 11.4 Å². The third kappa shape index (κ3) is 2.52. The van der Waals surface area contributed by atoms with Gasteiger partial charge in [0.2, 0.25) is 5.88 Å². The third-order valence-corrected chi connectivity index (χ3v) is 3.75. The van der Waals surface area contributed by atoms with E-state index >= 15 is 0 Å². The SMILES string of the molecule is Cc1cc(Br)ccc1-c1nc(O)c(I)c(=O)[nH]1. The van der Waals surface area contributed by atoms with Gasteiger partial charge in [0, 0.05) is 10.0 Å². The molecule has 0 atom stereocenters. The number of aryl methyl sites for hydroxylation is 1. The van der Waals surface area contributed by atoms with Crippen molar-refractivity contribution in [2.45, 2.75) is 6.92 Å². The van der Waals surface area contributed by atoms with E-state index in [1.165, 1.54) is 0 Å². The molecule has 1 aromatic heterocycles. The van der Waals surface area contributed by atoms with Crippen LogP contribution in [0.4, 0.5) is 0 Å². The highest BCUT2D eigenvalue weighted by atomic mass is 127. The van der Waals surface area contributed by atoms with E-state index in [9.17, 15) is 9.90 Å². The zero-order chi connectivity index (χ0) is 12.6. The summed E-state index contributed by atoms with van der Waals surface area (Å²) in [6.45, 7) is 1.91. The minimum Gasteiger partial charge on any atom is -0.492 e. The molecule has 2 N–H and O–H groups in total. The molecule has 0 saturated heterocycles. The predicted octanol–water partition coefficient (Wildman–Crippen LogP) is 2.82. The molecular formula is C11H8BrIN2O2. The van der Waals surface area contributed by atoms with Crippen LogP contribution in [-0.2, 0) is 0 Å². The van der Waals surface area contributed by atoms with Gasteiger partial charge in [0.15, 0.2) is 0 Å². The molecule has 17 heavy (non-hydrogen) atoms. The zero-order valence-corrected chi connectivity index (χ0v) is 12.5. The summed E-state index contributed by atoms with van der Waals surface area (Å²) < 4.78 is 1.15. The first-order chi connectivity index (χ1) is 7.99. The minimum atomic E-state index is -0.338. The van der Waals surface area contributed by atoms with Gasteiger partial charge in [0.05, 0.1) is 0 Å². The van der Waals surface area contributed by atoms with E-state index in [0.717, 1.165) is 15.6 Å². The maximum Gasteiger partial charge on any atom is 0.268 e. The van der Waals surface area contributed by atoms with Crippen molar-refractivity contribution < 1.29 is 5.11 Å². The summed E-state index contributed by atoms with van der Waals surface area (Å²) in [6.07, 6.45) is 0. The van der Waals surface area contributed by atoms with Crippen LogP contribution in [-0.4, -0.2) is 15.1 Å². The standard InChI is InChI=1S/C11H8BrIN2O2/c1-5-4-6(12)2-3-7(5)9-14-10(16)8(13)11(17)15-9/h2-4H,1H3,(H2,14,15,16,17). The summed E-state index contributed by atoms with van der Waals surface area (Å²) in [5, 5.41) is 9.54. The number of aromatic nitrogens is 2. The molecule has 0 fully saturated rings. The summed E-state index contributed by atoms with van der Waals surface area (Å²) >= 11 is 5.12. The molecule has 2 aromatic rings. The normalized spacial score (nSPS) is 10.5. The molecule has 1 aromatic carbocycles. The number of H-pyrrole nitrogens is 1. The summed E-state index contributed by atoms with van der Waals surface area (Å²) in [5.74, 6) is 0.129. The fraction of sp³-hybridized carbons (Fsp3) is 0.0909. The first-order valence-corrected chi connectivity index (χ1v) is 6.61. The second kappa shape index (κ2) is 4.77. The van der Waals surface area contributed by atoms with Gasteiger partial charge >= 0.3 is 0 Å². The number of nitrogens with zero attached hydrogens (tertiary/aromatic N) is 1. The van der Waals surface area contributed by atoms with Gasteiger partial charge in [-0.25, -0.2) is 0 Å². The number of aromatic amines is 1. The van der Waals surface area contributed by atoms with E-state index in [0.29, 0.717) is 5.82 Å². The largest absolute Gasteiger partial charge is 0.492 e. The summed E-state index contributed by atoms with van der Waals surface area (Å²) in [7, 11) is 0. The van der Waals surface area contributed by atoms with Gasteiger partial charge in [-0.15, -0.1) is 0 Å². The third-order valence-electron chi connectivity index (χ3n) is 2.29. The highest BCUT2D eigenvalue weighted by molar-refractivity contribution is 14.1. The van der Waals surface area contributed by atoms with Crippen molar-refractivity contribution in [2.24, 2.45) is 0 Å². The Bertz CT molecular complexity index is 640. The average Bonchev–Trinajstić information content (AvgIpc) is 2.25. The highest BCUT2D eigenvalue weighted by Gasteiger charge is 2.10. The Morgan fingerprint density at radius 3 is 2.76 bits per heavy atom. The molecule has 6 heteroatoms. The molecule has 88 valence electrons. The van der Waals surface area contributed by atoms with Gasteiger partial charge < -0.3 is 10.1 Å². The lowest BCUT2D eigenvalue weighted by atomic mass is 10.1. The zero-order valence-electron chi connectivity index (χ0n) is 8.79. The number of halogens is 2. The topological polar surface area (TPSA) is 66.0 Å². The van der Waals surface area contributed by atoms with Crippen LogP contribution >= 0.6 is 38.5 Å². The van der Waals surface area contributed by atoms with Crippen LogP contribution in [0, 0.1) is 10.5 Å². The summed E-state index contributed by atoms with van der Waals surface area (Å²) in [6, 6.07) is 5.62. The number of hydrogen-bond acceptors (Lipinski definition) is 3. The lowest BCUT2D eigenvalue weighted by molar-refractivity contribution is 0.447. The molecule has 4 nitrogen and oxygen atoms in total. The van der Waals surface area contributed by atoms with E-state index < -0.39 is 0 Å². The molecule has 0 aliphatic rings. The molecule has 0 saturated carbocycles. The number of nitrogens with one attached hydrogen (secondary N) is 1. The smallest absolute Gasteiger partial charge is 0.268 e. The number of hydrogen-bond donors (Lipinski definition) is 2. The Kier molecular flexibility index (Phi) is 3.53. The lowest BCUT2D eigenvalue weighted by Gasteiger charge is -2.06. The fourth-order valence-corrected chi connectivity index (χ4v) is 2.20. The second-order valence-corrected chi connectivity index (χ2v) is 5.51. The van der Waals surface area contributed by atoms with Crippen molar-refractivity contribution in [3.63, 3.8) is 0 Å². The van der Waals surface area contributed by atoms with Crippen LogP contribution in [0.15, 0.2) is 27.5 Å². The van der Waals surface area contributed by atoms with E-state index in [2.05, 4.69) is 25.9 Å². The second-order valence-electron chi connectivity index (χ2n) is 3.51. The molecule has 0 unspecified atom stereocenters. The van der Waals surface area contributed by atoms with Gasteiger partial charge in [-0.3, -0.25) is 4.79 Å². The first-order valence-electron chi connectivity index (χ1n) is 4.74.